The highest BCUT2D eigenvalue weighted by Gasteiger charge is 2.31. The zero-order valence-electron chi connectivity index (χ0n) is 10.8. The summed E-state index contributed by atoms with van der Waals surface area (Å²) >= 11 is 3.26. The van der Waals surface area contributed by atoms with Gasteiger partial charge in [0.1, 0.15) is 0 Å². The van der Waals surface area contributed by atoms with Crippen LogP contribution in [0.3, 0.4) is 0 Å². The summed E-state index contributed by atoms with van der Waals surface area (Å²) in [5.41, 5.74) is 0.528. The lowest BCUT2D eigenvalue weighted by Crippen LogP contribution is -2.35. The molecule has 0 radical (unpaired) electrons. The van der Waals surface area contributed by atoms with Gasteiger partial charge in [-0.15, -0.1) is 0 Å². The van der Waals surface area contributed by atoms with Crippen LogP contribution in [-0.2, 0) is 0 Å². The normalized spacial score (nSPS) is 19.9. The van der Waals surface area contributed by atoms with E-state index in [2.05, 4.69) is 26.1 Å². The number of likely N-dealkylation sites (tertiary alicyclic amines) is 1. The van der Waals surface area contributed by atoms with Crippen LogP contribution in [0.5, 0.6) is 0 Å². The van der Waals surface area contributed by atoms with E-state index < -0.39 is 0 Å². The molecule has 1 aliphatic heterocycles. The van der Waals surface area contributed by atoms with Gasteiger partial charge in [-0.3, -0.25) is 4.79 Å². The van der Waals surface area contributed by atoms with Crippen LogP contribution in [0.4, 0.5) is 0 Å². The molecule has 106 valence electrons. The number of aromatic nitrogens is 2. The van der Waals surface area contributed by atoms with Crippen LogP contribution in [0.2, 0.25) is 0 Å². The Balaban J connectivity index is 1.91. The van der Waals surface area contributed by atoms with Gasteiger partial charge in [-0.05, 0) is 34.8 Å². The maximum atomic E-state index is 12.7. The predicted octanol–water partition coefficient (Wildman–Crippen LogP) is 3.18. The molecule has 1 fully saturated rings. The summed E-state index contributed by atoms with van der Waals surface area (Å²) in [6.07, 6.45) is 6.78. The van der Waals surface area contributed by atoms with E-state index in [0.29, 0.717) is 22.6 Å². The van der Waals surface area contributed by atoms with Crippen molar-refractivity contribution in [2.45, 2.75) is 31.7 Å². The molecule has 2 aromatic heterocycles. The molecule has 3 rings (SSSR count). The molecule has 1 aliphatic rings. The molecule has 20 heavy (non-hydrogen) atoms. The van der Waals surface area contributed by atoms with E-state index in [-0.39, 0.29) is 11.9 Å². The van der Waals surface area contributed by atoms with Crippen LogP contribution in [0, 0.1) is 0 Å². The number of rotatable bonds is 2. The maximum Gasteiger partial charge on any atom is 0.258 e. The third-order valence-corrected chi connectivity index (χ3v) is 4.15. The number of furan rings is 1. The van der Waals surface area contributed by atoms with Gasteiger partial charge in [0, 0.05) is 6.54 Å². The van der Waals surface area contributed by atoms with E-state index in [4.69, 9.17) is 8.94 Å². The van der Waals surface area contributed by atoms with E-state index >= 15 is 0 Å². The number of halogens is 1. The Hall–Kier alpha value is -1.63. The molecule has 6 nitrogen and oxygen atoms in total. The Morgan fingerprint density at radius 3 is 3.00 bits per heavy atom. The third kappa shape index (κ3) is 2.49. The van der Waals surface area contributed by atoms with Crippen molar-refractivity contribution in [1.29, 1.82) is 0 Å². The van der Waals surface area contributed by atoms with E-state index in [1.54, 1.807) is 6.07 Å². The molecule has 0 saturated carbocycles. The molecule has 1 atom stereocenters. The molecular weight excluding hydrogens is 326 g/mol. The first-order valence-electron chi connectivity index (χ1n) is 6.57. The van der Waals surface area contributed by atoms with Crippen LogP contribution in [0.1, 0.15) is 47.9 Å². The highest BCUT2D eigenvalue weighted by Crippen LogP contribution is 2.31. The fourth-order valence-corrected chi connectivity index (χ4v) is 2.96. The summed E-state index contributed by atoms with van der Waals surface area (Å²) in [5, 5.41) is 3.90. The SMILES string of the molecule is O=C(c1ccoc1Br)N1CCCCC[C@@H]1c1ncon1. The first-order valence-corrected chi connectivity index (χ1v) is 7.37. The number of nitrogens with zero attached hydrogens (tertiary/aromatic N) is 3. The highest BCUT2D eigenvalue weighted by atomic mass is 79.9. The number of carbonyl (C=O) groups is 1. The van der Waals surface area contributed by atoms with Crippen molar-refractivity contribution in [2.75, 3.05) is 6.54 Å². The molecule has 2 aromatic rings. The van der Waals surface area contributed by atoms with Crippen molar-refractivity contribution < 1.29 is 13.7 Å². The molecule has 3 heterocycles. The summed E-state index contributed by atoms with van der Waals surface area (Å²) in [6, 6.07) is 1.54. The zero-order valence-corrected chi connectivity index (χ0v) is 12.4. The minimum atomic E-state index is -0.134. The molecular formula is C13H14BrN3O3. The summed E-state index contributed by atoms with van der Waals surface area (Å²) < 4.78 is 10.4. The Labute approximate surface area is 124 Å². The first kappa shape index (κ1) is 13.4. The van der Waals surface area contributed by atoms with Gasteiger partial charge < -0.3 is 13.8 Å². The van der Waals surface area contributed by atoms with Crippen molar-refractivity contribution in [2.24, 2.45) is 0 Å². The molecule has 0 N–H and O–H groups in total. The Morgan fingerprint density at radius 2 is 2.30 bits per heavy atom. The van der Waals surface area contributed by atoms with Crippen molar-refractivity contribution in [3.05, 3.63) is 34.8 Å². The Bertz CT molecular complexity index is 581. The monoisotopic (exact) mass is 339 g/mol. The van der Waals surface area contributed by atoms with Gasteiger partial charge in [0.2, 0.25) is 6.39 Å². The molecule has 0 unspecified atom stereocenters. The van der Waals surface area contributed by atoms with Crippen molar-refractivity contribution in [3.8, 4) is 0 Å². The summed E-state index contributed by atoms with van der Waals surface area (Å²) in [5.74, 6) is 0.502. The second-order valence-corrected chi connectivity index (χ2v) is 5.48. The van der Waals surface area contributed by atoms with Crippen molar-refractivity contribution >= 4 is 21.8 Å². The predicted molar refractivity (Wildman–Crippen MR) is 73.0 cm³/mol. The van der Waals surface area contributed by atoms with Crippen LogP contribution in [0.15, 0.2) is 32.3 Å². The molecule has 0 bridgehead atoms. The first-order chi connectivity index (χ1) is 9.77. The minimum Gasteiger partial charge on any atom is -0.457 e. The molecule has 1 amide bonds. The van der Waals surface area contributed by atoms with Crippen LogP contribution in [-0.4, -0.2) is 27.5 Å². The fourth-order valence-electron chi connectivity index (χ4n) is 2.55. The number of hydrogen-bond acceptors (Lipinski definition) is 5. The second-order valence-electron chi connectivity index (χ2n) is 4.76. The molecule has 7 heteroatoms. The van der Waals surface area contributed by atoms with E-state index in [1.165, 1.54) is 12.7 Å². The van der Waals surface area contributed by atoms with Gasteiger partial charge in [-0.2, -0.15) is 4.98 Å². The largest absolute Gasteiger partial charge is 0.457 e. The zero-order chi connectivity index (χ0) is 13.9. The molecule has 0 aromatic carbocycles. The van der Waals surface area contributed by atoms with Crippen molar-refractivity contribution in [1.82, 2.24) is 15.0 Å². The average Bonchev–Trinajstić information content (AvgIpc) is 3.05. The van der Waals surface area contributed by atoms with Crippen LogP contribution < -0.4 is 0 Å². The number of carbonyl (C=O) groups excluding carboxylic acids is 1. The lowest BCUT2D eigenvalue weighted by molar-refractivity contribution is 0.0668. The van der Waals surface area contributed by atoms with Crippen LogP contribution >= 0.6 is 15.9 Å². The lowest BCUT2D eigenvalue weighted by Gasteiger charge is -2.27. The Kier molecular flexibility index (Phi) is 3.86. The quantitative estimate of drug-likeness (QED) is 0.840. The van der Waals surface area contributed by atoms with Gasteiger partial charge in [0.25, 0.3) is 5.91 Å². The highest BCUT2D eigenvalue weighted by molar-refractivity contribution is 9.10. The summed E-state index contributed by atoms with van der Waals surface area (Å²) in [4.78, 5) is 18.6. The Morgan fingerprint density at radius 1 is 1.40 bits per heavy atom. The van der Waals surface area contributed by atoms with Gasteiger partial charge in [0.05, 0.1) is 17.9 Å². The third-order valence-electron chi connectivity index (χ3n) is 3.54. The summed E-state index contributed by atoms with van der Waals surface area (Å²) in [6.45, 7) is 0.690. The standard InChI is InChI=1S/C13H14BrN3O3/c14-11-9(5-7-19-11)13(18)17-6-3-1-2-4-10(17)12-15-8-20-16-12/h5,7-8,10H,1-4,6H2/t10-/m1/s1. The maximum absolute atomic E-state index is 12.7. The fraction of sp³-hybridized carbons (Fsp3) is 0.462. The number of hydrogen-bond donors (Lipinski definition) is 0. The molecule has 0 spiro atoms. The number of amides is 1. The van der Waals surface area contributed by atoms with Crippen LogP contribution in [0.25, 0.3) is 0 Å². The minimum absolute atomic E-state index is 0.0673. The van der Waals surface area contributed by atoms with E-state index in [1.807, 2.05) is 4.90 Å². The van der Waals surface area contributed by atoms with Crippen molar-refractivity contribution in [3.63, 3.8) is 0 Å². The lowest BCUT2D eigenvalue weighted by atomic mass is 10.1. The van der Waals surface area contributed by atoms with E-state index in [0.717, 1.165) is 25.7 Å². The summed E-state index contributed by atoms with van der Waals surface area (Å²) in [7, 11) is 0. The van der Waals surface area contributed by atoms with Gasteiger partial charge >= 0.3 is 0 Å². The molecule has 0 aliphatic carbocycles. The average molecular weight is 340 g/mol. The van der Waals surface area contributed by atoms with E-state index in [9.17, 15) is 4.79 Å². The van der Waals surface area contributed by atoms with Gasteiger partial charge in [-0.1, -0.05) is 18.0 Å². The second kappa shape index (κ2) is 5.78. The molecule has 1 saturated heterocycles. The topological polar surface area (TPSA) is 72.4 Å². The smallest absolute Gasteiger partial charge is 0.258 e. The van der Waals surface area contributed by atoms with Gasteiger partial charge in [-0.25, -0.2) is 0 Å². The van der Waals surface area contributed by atoms with Gasteiger partial charge in [0.15, 0.2) is 10.5 Å².